The van der Waals surface area contributed by atoms with E-state index >= 15 is 4.39 Å². The molecule has 222 valence electrons. The Balaban J connectivity index is 1.52. The number of hydrogen-bond donors (Lipinski definition) is 2. The van der Waals surface area contributed by atoms with Crippen LogP contribution in [0.2, 0.25) is 0 Å². The van der Waals surface area contributed by atoms with Gasteiger partial charge in [0.1, 0.15) is 24.8 Å². The molecule has 0 aromatic heterocycles. The summed E-state index contributed by atoms with van der Waals surface area (Å²) in [6.07, 6.45) is 1.50. The van der Waals surface area contributed by atoms with Crippen LogP contribution in [0.25, 0.3) is 0 Å². The number of carboxylic acid groups (broad SMARTS) is 1. The van der Waals surface area contributed by atoms with Crippen molar-refractivity contribution in [1.82, 2.24) is 4.90 Å². The van der Waals surface area contributed by atoms with Gasteiger partial charge in [-0.15, -0.1) is 0 Å². The zero-order chi connectivity index (χ0) is 30.0. The summed E-state index contributed by atoms with van der Waals surface area (Å²) in [5.41, 5.74) is 4.93. The maximum absolute atomic E-state index is 15.5. The molecule has 3 aromatic carbocycles. The maximum atomic E-state index is 15.5. The Morgan fingerprint density at radius 1 is 1.02 bits per heavy atom. The van der Waals surface area contributed by atoms with E-state index in [9.17, 15) is 14.7 Å². The van der Waals surface area contributed by atoms with E-state index in [0.29, 0.717) is 30.5 Å². The van der Waals surface area contributed by atoms with Crippen molar-refractivity contribution in [3.05, 3.63) is 82.2 Å². The number of carboxylic acids is 1. The van der Waals surface area contributed by atoms with Crippen molar-refractivity contribution < 1.29 is 33.3 Å². The average Bonchev–Trinajstić information content (AvgIpc) is 3.36. The fraction of sp³-hybridized carbons (Fsp3) is 0.394. The van der Waals surface area contributed by atoms with Gasteiger partial charge >= 0.3 is 5.97 Å². The summed E-state index contributed by atoms with van der Waals surface area (Å²) in [6.45, 7) is 7.08. The molecular weight excluding hydrogens is 539 g/mol. The van der Waals surface area contributed by atoms with Crippen LogP contribution in [0.3, 0.4) is 0 Å². The largest absolute Gasteiger partial charge is 0.497 e. The molecule has 0 spiro atoms. The predicted molar refractivity (Wildman–Crippen MR) is 157 cm³/mol. The second kappa shape index (κ2) is 12.4. The Morgan fingerprint density at radius 3 is 2.33 bits per heavy atom. The van der Waals surface area contributed by atoms with Gasteiger partial charge in [-0.25, -0.2) is 4.39 Å². The second-order valence-electron chi connectivity index (χ2n) is 10.8. The Morgan fingerprint density at radius 2 is 1.71 bits per heavy atom. The highest BCUT2D eigenvalue weighted by Crippen LogP contribution is 2.48. The van der Waals surface area contributed by atoms with Gasteiger partial charge in [0, 0.05) is 29.8 Å². The Hall–Kier alpha value is -4.11. The van der Waals surface area contributed by atoms with Gasteiger partial charge in [-0.1, -0.05) is 43.7 Å². The molecule has 3 aromatic rings. The van der Waals surface area contributed by atoms with Crippen LogP contribution in [-0.2, 0) is 22.4 Å². The third-order valence-corrected chi connectivity index (χ3v) is 8.22. The lowest BCUT2D eigenvalue weighted by molar-refractivity contribution is -0.143. The van der Waals surface area contributed by atoms with Gasteiger partial charge in [-0.2, -0.15) is 0 Å². The van der Waals surface area contributed by atoms with Crippen LogP contribution in [0.1, 0.15) is 53.6 Å². The van der Waals surface area contributed by atoms with E-state index in [1.54, 1.807) is 29.2 Å². The molecule has 0 aliphatic carbocycles. The molecule has 3 atom stereocenters. The lowest BCUT2D eigenvalue weighted by atomic mass is 9.82. The number of amides is 1. The van der Waals surface area contributed by atoms with E-state index in [1.807, 2.05) is 26.8 Å². The SMILES string of the molecule is CCc1cc(C)cc(CC)c1NC(=O)CN1C[C@H](c2ccc3c(c2)OCCO3)[C@@H](C(=O)O)[C@@H]1c1ccc(OC)cc1F. The Bertz CT molecular complexity index is 1470. The van der Waals surface area contributed by atoms with Crippen LogP contribution in [-0.4, -0.2) is 55.3 Å². The van der Waals surface area contributed by atoms with Crippen LogP contribution in [0, 0.1) is 18.7 Å². The highest BCUT2D eigenvalue weighted by Gasteiger charge is 2.49. The maximum Gasteiger partial charge on any atom is 0.309 e. The van der Waals surface area contributed by atoms with Gasteiger partial charge in [0.25, 0.3) is 0 Å². The molecule has 1 saturated heterocycles. The van der Waals surface area contributed by atoms with Gasteiger partial charge in [0.05, 0.1) is 25.6 Å². The number of halogens is 1. The van der Waals surface area contributed by atoms with Crippen molar-refractivity contribution in [1.29, 1.82) is 0 Å². The average molecular weight is 577 g/mol. The van der Waals surface area contributed by atoms with Crippen molar-refractivity contribution >= 4 is 17.6 Å². The molecule has 9 heteroatoms. The lowest BCUT2D eigenvalue weighted by Gasteiger charge is -2.27. The number of fused-ring (bicyclic) bond motifs is 1. The van der Waals surface area contributed by atoms with Gasteiger partial charge in [0.15, 0.2) is 11.5 Å². The first-order valence-electron chi connectivity index (χ1n) is 14.4. The number of methoxy groups -OCH3 is 1. The monoisotopic (exact) mass is 576 g/mol. The molecule has 0 saturated carbocycles. The molecule has 0 unspecified atom stereocenters. The van der Waals surface area contributed by atoms with E-state index in [0.717, 1.165) is 40.8 Å². The molecule has 1 amide bonds. The summed E-state index contributed by atoms with van der Waals surface area (Å²) in [5.74, 6) is -2.03. The third kappa shape index (κ3) is 5.79. The number of anilines is 1. The van der Waals surface area contributed by atoms with Crippen LogP contribution in [0.4, 0.5) is 10.1 Å². The van der Waals surface area contributed by atoms with E-state index < -0.39 is 29.7 Å². The molecule has 2 N–H and O–H groups in total. The number of ether oxygens (including phenoxy) is 3. The lowest BCUT2D eigenvalue weighted by Crippen LogP contribution is -2.36. The topological polar surface area (TPSA) is 97.3 Å². The fourth-order valence-corrected chi connectivity index (χ4v) is 6.29. The van der Waals surface area contributed by atoms with Gasteiger partial charge in [-0.05, 0) is 54.7 Å². The minimum absolute atomic E-state index is 0.110. The number of rotatable bonds is 9. The number of nitrogens with one attached hydrogen (secondary N) is 1. The first kappa shape index (κ1) is 29.4. The van der Waals surface area contributed by atoms with Crippen molar-refractivity contribution in [2.45, 2.75) is 45.6 Å². The minimum Gasteiger partial charge on any atom is -0.497 e. The van der Waals surface area contributed by atoms with E-state index in [1.165, 1.54) is 13.2 Å². The summed E-state index contributed by atoms with van der Waals surface area (Å²) in [7, 11) is 1.44. The summed E-state index contributed by atoms with van der Waals surface area (Å²) in [5, 5.41) is 13.6. The molecule has 8 nitrogen and oxygen atoms in total. The van der Waals surface area contributed by atoms with Crippen molar-refractivity contribution in [2.75, 3.05) is 38.7 Å². The highest BCUT2D eigenvalue weighted by atomic mass is 19.1. The number of aliphatic carboxylic acids is 1. The number of nitrogens with zero attached hydrogens (tertiary/aromatic N) is 1. The smallest absolute Gasteiger partial charge is 0.309 e. The number of carbonyl (C=O) groups excluding carboxylic acids is 1. The molecule has 1 fully saturated rings. The van der Waals surface area contributed by atoms with Gasteiger partial charge < -0.3 is 24.6 Å². The molecule has 2 aliphatic rings. The molecule has 2 heterocycles. The molecule has 5 rings (SSSR count). The molecule has 0 bridgehead atoms. The first-order chi connectivity index (χ1) is 20.2. The van der Waals surface area contributed by atoms with E-state index in [-0.39, 0.29) is 24.6 Å². The van der Waals surface area contributed by atoms with Gasteiger partial charge in [-0.3, -0.25) is 14.5 Å². The van der Waals surface area contributed by atoms with Gasteiger partial charge in [0.2, 0.25) is 5.91 Å². The summed E-state index contributed by atoms with van der Waals surface area (Å²) >= 11 is 0. The number of likely N-dealkylation sites (tertiary alicyclic amines) is 1. The van der Waals surface area contributed by atoms with E-state index in [2.05, 4.69) is 17.4 Å². The quantitative estimate of drug-likeness (QED) is 0.346. The summed E-state index contributed by atoms with van der Waals surface area (Å²) in [4.78, 5) is 28.3. The second-order valence-corrected chi connectivity index (χ2v) is 10.8. The third-order valence-electron chi connectivity index (χ3n) is 8.22. The number of benzene rings is 3. The van der Waals surface area contributed by atoms with Crippen LogP contribution in [0.15, 0.2) is 48.5 Å². The molecule has 2 aliphatic heterocycles. The molecular formula is C33H37FN2O6. The van der Waals surface area contributed by atoms with Crippen molar-refractivity contribution in [3.8, 4) is 17.2 Å². The zero-order valence-corrected chi connectivity index (χ0v) is 24.4. The first-order valence-corrected chi connectivity index (χ1v) is 14.4. The standard InChI is InChI=1S/C33H37FN2O6/c1-5-20-13-19(3)14-21(6-2)31(20)35-29(37)18-36-17-25(22-7-10-27-28(15-22)42-12-11-41-27)30(33(38)39)32(36)24-9-8-23(40-4)16-26(24)34/h7-10,13-16,25,30,32H,5-6,11-12,17-18H2,1-4H3,(H,35,37)(H,38,39)/t25-,30-,32+/m1/s1. The predicted octanol–water partition coefficient (Wildman–Crippen LogP) is 5.52. The van der Waals surface area contributed by atoms with Crippen LogP contribution in [0.5, 0.6) is 17.2 Å². The van der Waals surface area contributed by atoms with Crippen LogP contribution >= 0.6 is 0 Å². The summed E-state index contributed by atoms with van der Waals surface area (Å²) in [6, 6.07) is 13.0. The fourth-order valence-electron chi connectivity index (χ4n) is 6.29. The van der Waals surface area contributed by atoms with E-state index in [4.69, 9.17) is 14.2 Å². The van der Waals surface area contributed by atoms with Crippen LogP contribution < -0.4 is 19.5 Å². The summed E-state index contributed by atoms with van der Waals surface area (Å²) < 4.78 is 32.1. The number of aryl methyl sites for hydroxylation is 3. The molecule has 42 heavy (non-hydrogen) atoms. The number of carbonyl (C=O) groups is 2. The Kier molecular flexibility index (Phi) is 8.68. The number of hydrogen-bond acceptors (Lipinski definition) is 6. The minimum atomic E-state index is -1.07. The van der Waals surface area contributed by atoms with Crippen molar-refractivity contribution in [2.24, 2.45) is 5.92 Å². The Labute approximate surface area is 245 Å². The highest BCUT2D eigenvalue weighted by molar-refractivity contribution is 5.94. The normalized spacial score (nSPS) is 19.9. The van der Waals surface area contributed by atoms with Crippen molar-refractivity contribution in [3.63, 3.8) is 0 Å². The zero-order valence-electron chi connectivity index (χ0n) is 24.4. The molecule has 0 radical (unpaired) electrons.